The van der Waals surface area contributed by atoms with Gasteiger partial charge in [-0.05, 0) is 23.8 Å². The minimum Gasteiger partial charge on any atom is -0.336 e. The summed E-state index contributed by atoms with van der Waals surface area (Å²) in [6, 6.07) is 9.64. The van der Waals surface area contributed by atoms with Gasteiger partial charge >= 0.3 is 0 Å². The molecule has 0 saturated carbocycles. The highest BCUT2D eigenvalue weighted by atomic mass is 16.2. The molecule has 1 aliphatic rings. The lowest BCUT2D eigenvalue weighted by molar-refractivity contribution is 0.0621. The van der Waals surface area contributed by atoms with Crippen molar-refractivity contribution in [2.24, 2.45) is 7.05 Å². The number of nitrogens with one attached hydrogen (secondary N) is 1. The molecule has 4 rings (SSSR count). The number of amides is 1. The van der Waals surface area contributed by atoms with Crippen molar-refractivity contribution in [3.8, 4) is 0 Å². The summed E-state index contributed by atoms with van der Waals surface area (Å²) in [6.45, 7) is 2.88. The molecule has 1 N–H and O–H groups in total. The lowest BCUT2D eigenvalue weighted by Crippen LogP contribution is -2.49. The minimum atomic E-state index is -0.0556. The molecule has 2 aromatic heterocycles. The normalized spacial score (nSPS) is 17.4. The molecule has 0 aliphatic carbocycles. The fourth-order valence-corrected chi connectivity index (χ4v) is 3.38. The van der Waals surface area contributed by atoms with E-state index >= 15 is 0 Å². The van der Waals surface area contributed by atoms with E-state index in [4.69, 9.17) is 0 Å². The first-order valence-corrected chi connectivity index (χ1v) is 8.77. The van der Waals surface area contributed by atoms with Crippen LogP contribution in [-0.4, -0.2) is 49.8 Å². The third-order valence-electron chi connectivity index (χ3n) is 4.77. The van der Waals surface area contributed by atoms with Crippen molar-refractivity contribution in [3.05, 3.63) is 72.1 Å². The Morgan fingerprint density at radius 1 is 1.23 bits per heavy atom. The average Bonchev–Trinajstić information content (AvgIpc) is 3.33. The summed E-state index contributed by atoms with van der Waals surface area (Å²) in [5.41, 5.74) is 1.82. The Balaban J connectivity index is 1.53. The van der Waals surface area contributed by atoms with Crippen LogP contribution in [0.1, 0.15) is 27.8 Å². The molecule has 1 aliphatic heterocycles. The summed E-state index contributed by atoms with van der Waals surface area (Å²) in [4.78, 5) is 19.4. The first-order chi connectivity index (χ1) is 12.7. The molecule has 1 atom stereocenters. The van der Waals surface area contributed by atoms with E-state index in [0.29, 0.717) is 25.2 Å². The third-order valence-corrected chi connectivity index (χ3v) is 4.77. The maximum absolute atomic E-state index is 13.1. The first-order valence-electron chi connectivity index (χ1n) is 8.77. The number of hydrogen-bond donors (Lipinski definition) is 1. The molecule has 0 spiro atoms. The quantitative estimate of drug-likeness (QED) is 0.773. The topological polar surface area (TPSA) is 68.0 Å². The van der Waals surface area contributed by atoms with Crippen molar-refractivity contribution >= 4 is 5.91 Å². The average molecular weight is 350 g/mol. The second-order valence-corrected chi connectivity index (χ2v) is 6.52. The van der Waals surface area contributed by atoms with Gasteiger partial charge in [0.05, 0.1) is 6.54 Å². The van der Waals surface area contributed by atoms with E-state index in [-0.39, 0.29) is 11.9 Å². The predicted molar refractivity (Wildman–Crippen MR) is 97.6 cm³/mol. The second kappa shape index (κ2) is 7.13. The maximum atomic E-state index is 13.1. The smallest absolute Gasteiger partial charge is 0.254 e. The van der Waals surface area contributed by atoms with Crippen LogP contribution in [0.4, 0.5) is 0 Å². The summed E-state index contributed by atoms with van der Waals surface area (Å²) in [7, 11) is 1.96. The molecule has 0 radical (unpaired) electrons. The first kappa shape index (κ1) is 16.5. The molecule has 1 unspecified atom stereocenters. The van der Waals surface area contributed by atoms with Crippen molar-refractivity contribution in [2.45, 2.75) is 12.6 Å². The minimum absolute atomic E-state index is 0.0464. The molecule has 7 nitrogen and oxygen atoms in total. The highest BCUT2D eigenvalue weighted by molar-refractivity contribution is 5.94. The van der Waals surface area contributed by atoms with Gasteiger partial charge < -0.3 is 14.8 Å². The molecule has 3 aromatic rings. The van der Waals surface area contributed by atoms with Gasteiger partial charge in [-0.15, -0.1) is 0 Å². The Bertz CT molecular complexity index is 868. The maximum Gasteiger partial charge on any atom is 0.254 e. The van der Waals surface area contributed by atoms with Crippen molar-refractivity contribution in [3.63, 3.8) is 0 Å². The SMILES string of the molecule is Cn1ccnc1C1CNCCN1C(=O)c1ccc(Cn2cccn2)cc1. The van der Waals surface area contributed by atoms with E-state index in [0.717, 1.165) is 17.9 Å². The molecule has 1 aromatic carbocycles. The van der Waals surface area contributed by atoms with Crippen molar-refractivity contribution in [2.75, 3.05) is 19.6 Å². The Labute approximate surface area is 152 Å². The molecule has 26 heavy (non-hydrogen) atoms. The number of aromatic nitrogens is 4. The van der Waals surface area contributed by atoms with Crippen LogP contribution in [-0.2, 0) is 13.6 Å². The molecule has 134 valence electrons. The number of rotatable bonds is 4. The van der Waals surface area contributed by atoms with E-state index in [9.17, 15) is 4.79 Å². The number of piperazine rings is 1. The lowest BCUT2D eigenvalue weighted by Gasteiger charge is -2.35. The van der Waals surface area contributed by atoms with Crippen LogP contribution in [0.5, 0.6) is 0 Å². The van der Waals surface area contributed by atoms with E-state index in [2.05, 4.69) is 15.4 Å². The number of benzene rings is 1. The van der Waals surface area contributed by atoms with Crippen LogP contribution in [0.3, 0.4) is 0 Å². The monoisotopic (exact) mass is 350 g/mol. The van der Waals surface area contributed by atoms with Crippen LogP contribution in [0.15, 0.2) is 55.1 Å². The largest absolute Gasteiger partial charge is 0.336 e. The number of imidazole rings is 1. The van der Waals surface area contributed by atoms with Crippen LogP contribution in [0, 0.1) is 0 Å². The summed E-state index contributed by atoms with van der Waals surface area (Å²) in [6.07, 6.45) is 7.38. The standard InChI is InChI=1S/C19H22N6O/c1-23-11-9-21-18(23)17-13-20-8-12-25(17)19(26)16-5-3-15(4-6-16)14-24-10-2-7-22-24/h2-7,9-11,17,20H,8,12-14H2,1H3. The number of aryl methyl sites for hydroxylation is 1. The van der Waals surface area contributed by atoms with Gasteiger partial charge in [0.25, 0.3) is 5.91 Å². The van der Waals surface area contributed by atoms with Gasteiger partial charge in [-0.2, -0.15) is 5.10 Å². The molecule has 7 heteroatoms. The van der Waals surface area contributed by atoms with E-state index in [1.165, 1.54) is 0 Å². The number of hydrogen-bond acceptors (Lipinski definition) is 4. The van der Waals surface area contributed by atoms with Crippen LogP contribution in [0.2, 0.25) is 0 Å². The molecule has 1 saturated heterocycles. The van der Waals surface area contributed by atoms with Gasteiger partial charge in [-0.25, -0.2) is 4.98 Å². The number of carbonyl (C=O) groups is 1. The van der Waals surface area contributed by atoms with E-state index in [1.54, 1.807) is 12.4 Å². The summed E-state index contributed by atoms with van der Waals surface area (Å²) in [5.74, 6) is 0.950. The molecular formula is C19H22N6O. The Hall–Kier alpha value is -2.93. The van der Waals surface area contributed by atoms with E-state index < -0.39 is 0 Å². The van der Waals surface area contributed by atoms with Crippen molar-refractivity contribution in [1.29, 1.82) is 0 Å². The zero-order chi connectivity index (χ0) is 17.9. The molecule has 1 amide bonds. The number of carbonyl (C=O) groups excluding carboxylic acids is 1. The zero-order valence-corrected chi connectivity index (χ0v) is 14.7. The summed E-state index contributed by atoms with van der Waals surface area (Å²) < 4.78 is 3.84. The van der Waals surface area contributed by atoms with Crippen LogP contribution in [0.25, 0.3) is 0 Å². The summed E-state index contributed by atoms with van der Waals surface area (Å²) >= 11 is 0. The highest BCUT2D eigenvalue weighted by Gasteiger charge is 2.30. The van der Waals surface area contributed by atoms with Gasteiger partial charge in [0.2, 0.25) is 0 Å². The van der Waals surface area contributed by atoms with Crippen molar-refractivity contribution in [1.82, 2.24) is 29.5 Å². The van der Waals surface area contributed by atoms with Crippen molar-refractivity contribution < 1.29 is 4.79 Å². The predicted octanol–water partition coefficient (Wildman–Crippen LogP) is 1.45. The van der Waals surface area contributed by atoms with Gasteiger partial charge in [0.1, 0.15) is 11.9 Å². The van der Waals surface area contributed by atoms with Gasteiger partial charge in [-0.3, -0.25) is 9.48 Å². The van der Waals surface area contributed by atoms with E-state index in [1.807, 2.05) is 63.9 Å². The summed E-state index contributed by atoms with van der Waals surface area (Å²) in [5, 5.41) is 7.58. The Kier molecular flexibility index (Phi) is 4.53. The third kappa shape index (κ3) is 3.25. The zero-order valence-electron chi connectivity index (χ0n) is 14.7. The molecule has 3 heterocycles. The lowest BCUT2D eigenvalue weighted by atomic mass is 10.1. The molecule has 0 bridgehead atoms. The van der Waals surface area contributed by atoms with Gasteiger partial charge in [-0.1, -0.05) is 12.1 Å². The molecule has 1 fully saturated rings. The second-order valence-electron chi connectivity index (χ2n) is 6.52. The Morgan fingerprint density at radius 2 is 2.08 bits per heavy atom. The fourth-order valence-electron chi connectivity index (χ4n) is 3.38. The van der Waals surface area contributed by atoms with Gasteiger partial charge in [0, 0.05) is 57.0 Å². The van der Waals surface area contributed by atoms with Crippen LogP contribution >= 0.6 is 0 Å². The molecular weight excluding hydrogens is 328 g/mol. The van der Waals surface area contributed by atoms with Crippen LogP contribution < -0.4 is 5.32 Å². The van der Waals surface area contributed by atoms with Gasteiger partial charge in [0.15, 0.2) is 0 Å². The highest BCUT2D eigenvalue weighted by Crippen LogP contribution is 2.23. The fraction of sp³-hybridized carbons (Fsp3) is 0.316. The number of nitrogens with zero attached hydrogens (tertiary/aromatic N) is 5. The Morgan fingerprint density at radius 3 is 2.77 bits per heavy atom.